The molecule has 0 aliphatic carbocycles. The van der Waals surface area contributed by atoms with Crippen molar-refractivity contribution in [3.63, 3.8) is 0 Å². The predicted molar refractivity (Wildman–Crippen MR) is 72.3 cm³/mol. The number of aromatic nitrogens is 2. The average molecular weight is 254 g/mol. The van der Waals surface area contributed by atoms with Crippen molar-refractivity contribution in [3.8, 4) is 0 Å². The van der Waals surface area contributed by atoms with Crippen molar-refractivity contribution in [3.05, 3.63) is 17.5 Å². The van der Waals surface area contributed by atoms with E-state index in [9.17, 15) is 10.2 Å². The lowest BCUT2D eigenvalue weighted by atomic mass is 9.77. The lowest BCUT2D eigenvalue weighted by Gasteiger charge is -2.31. The molecule has 0 saturated carbocycles. The summed E-state index contributed by atoms with van der Waals surface area (Å²) in [4.78, 5) is 0. The summed E-state index contributed by atoms with van der Waals surface area (Å²) in [5, 5.41) is 23.7. The maximum absolute atomic E-state index is 9.65. The van der Waals surface area contributed by atoms with Gasteiger partial charge in [-0.15, -0.1) is 0 Å². The van der Waals surface area contributed by atoms with Crippen LogP contribution in [-0.4, -0.2) is 33.2 Å². The zero-order valence-electron chi connectivity index (χ0n) is 12.0. The van der Waals surface area contributed by atoms with Gasteiger partial charge in [-0.3, -0.25) is 4.68 Å². The molecule has 1 rings (SSSR count). The Bertz CT molecular complexity index is 368. The first-order chi connectivity index (χ1) is 8.46. The molecule has 0 radical (unpaired) electrons. The Labute approximate surface area is 110 Å². The number of aliphatic hydroxyl groups is 2. The summed E-state index contributed by atoms with van der Waals surface area (Å²) in [6.07, 6.45) is 2.39. The average Bonchev–Trinajstić information content (AvgIpc) is 2.68. The quantitative estimate of drug-likeness (QED) is 0.776. The molecule has 0 aliphatic rings. The summed E-state index contributed by atoms with van der Waals surface area (Å²) in [6, 6.07) is 2.07. The standard InChI is InChI=1S/C14H26N2O2/c1-5-12-6-13(16(4)15-12)8-14(9-17,10-18)7-11(2)3/h6,11,17-18H,5,7-10H2,1-4H3. The number of aryl methyl sites for hydroxylation is 2. The molecule has 1 aromatic rings. The summed E-state index contributed by atoms with van der Waals surface area (Å²) in [6.45, 7) is 6.32. The highest BCUT2D eigenvalue weighted by molar-refractivity contribution is 5.12. The molecular formula is C14H26N2O2. The fourth-order valence-corrected chi connectivity index (χ4v) is 2.52. The van der Waals surface area contributed by atoms with Crippen LogP contribution in [0.5, 0.6) is 0 Å². The van der Waals surface area contributed by atoms with Gasteiger partial charge in [0.2, 0.25) is 0 Å². The Balaban J connectivity index is 2.91. The van der Waals surface area contributed by atoms with Crippen LogP contribution in [0.15, 0.2) is 6.07 Å². The van der Waals surface area contributed by atoms with E-state index in [1.807, 2.05) is 11.7 Å². The van der Waals surface area contributed by atoms with Crippen LogP contribution in [0.25, 0.3) is 0 Å². The highest BCUT2D eigenvalue weighted by atomic mass is 16.3. The first kappa shape index (κ1) is 15.2. The third kappa shape index (κ3) is 3.56. The third-order valence-electron chi connectivity index (χ3n) is 3.46. The van der Waals surface area contributed by atoms with Crippen LogP contribution >= 0.6 is 0 Å². The molecule has 0 atom stereocenters. The smallest absolute Gasteiger partial charge is 0.0624 e. The highest BCUT2D eigenvalue weighted by Crippen LogP contribution is 2.30. The van der Waals surface area contributed by atoms with Crippen molar-refractivity contribution in [1.82, 2.24) is 9.78 Å². The molecule has 2 N–H and O–H groups in total. The molecule has 0 aromatic carbocycles. The second-order valence-corrected chi connectivity index (χ2v) is 5.70. The van der Waals surface area contributed by atoms with Crippen molar-refractivity contribution >= 4 is 0 Å². The van der Waals surface area contributed by atoms with Gasteiger partial charge >= 0.3 is 0 Å². The number of hydrogen-bond donors (Lipinski definition) is 2. The van der Waals surface area contributed by atoms with Gasteiger partial charge in [-0.1, -0.05) is 20.8 Å². The van der Waals surface area contributed by atoms with E-state index >= 15 is 0 Å². The Kier molecular flexibility index (Phi) is 5.35. The molecule has 0 spiro atoms. The normalized spacial score (nSPS) is 12.4. The third-order valence-corrected chi connectivity index (χ3v) is 3.46. The lowest BCUT2D eigenvalue weighted by Crippen LogP contribution is -2.34. The molecule has 0 fully saturated rings. The van der Waals surface area contributed by atoms with E-state index in [1.165, 1.54) is 0 Å². The van der Waals surface area contributed by atoms with Crippen LogP contribution in [0, 0.1) is 11.3 Å². The summed E-state index contributed by atoms with van der Waals surface area (Å²) in [5.41, 5.74) is 1.70. The van der Waals surface area contributed by atoms with Crippen LogP contribution in [0.4, 0.5) is 0 Å². The number of rotatable bonds is 7. The molecule has 18 heavy (non-hydrogen) atoms. The zero-order valence-corrected chi connectivity index (χ0v) is 12.0. The SMILES string of the molecule is CCc1cc(CC(CO)(CO)CC(C)C)n(C)n1. The Morgan fingerprint density at radius 3 is 2.33 bits per heavy atom. The van der Waals surface area contributed by atoms with Gasteiger partial charge < -0.3 is 10.2 Å². The highest BCUT2D eigenvalue weighted by Gasteiger charge is 2.31. The second-order valence-electron chi connectivity index (χ2n) is 5.70. The minimum Gasteiger partial charge on any atom is -0.396 e. The summed E-state index contributed by atoms with van der Waals surface area (Å²) < 4.78 is 1.86. The van der Waals surface area contributed by atoms with Crippen molar-refractivity contribution in [2.24, 2.45) is 18.4 Å². The fraction of sp³-hybridized carbons (Fsp3) is 0.786. The van der Waals surface area contributed by atoms with Crippen LogP contribution in [0.2, 0.25) is 0 Å². The molecule has 104 valence electrons. The topological polar surface area (TPSA) is 58.3 Å². The van der Waals surface area contributed by atoms with E-state index in [4.69, 9.17) is 0 Å². The molecule has 0 bridgehead atoms. The summed E-state index contributed by atoms with van der Waals surface area (Å²) >= 11 is 0. The first-order valence-electron chi connectivity index (χ1n) is 6.70. The maximum atomic E-state index is 9.65. The van der Waals surface area contributed by atoms with Crippen molar-refractivity contribution < 1.29 is 10.2 Å². The van der Waals surface area contributed by atoms with Gasteiger partial charge in [0, 0.05) is 18.2 Å². The van der Waals surface area contributed by atoms with Crippen molar-refractivity contribution in [2.75, 3.05) is 13.2 Å². The van der Waals surface area contributed by atoms with Crippen LogP contribution in [0.1, 0.15) is 38.6 Å². The van der Waals surface area contributed by atoms with E-state index in [2.05, 4.69) is 31.9 Å². The number of nitrogens with zero attached hydrogens (tertiary/aromatic N) is 2. The Morgan fingerprint density at radius 1 is 1.33 bits per heavy atom. The van der Waals surface area contributed by atoms with Crippen LogP contribution in [0.3, 0.4) is 0 Å². The molecule has 4 nitrogen and oxygen atoms in total. The Morgan fingerprint density at radius 2 is 1.94 bits per heavy atom. The number of hydrogen-bond acceptors (Lipinski definition) is 3. The Hall–Kier alpha value is -0.870. The van der Waals surface area contributed by atoms with E-state index in [-0.39, 0.29) is 13.2 Å². The monoisotopic (exact) mass is 254 g/mol. The molecule has 1 aromatic heterocycles. The van der Waals surface area contributed by atoms with Gasteiger partial charge in [0.15, 0.2) is 0 Å². The van der Waals surface area contributed by atoms with Gasteiger partial charge in [-0.2, -0.15) is 5.10 Å². The van der Waals surface area contributed by atoms with E-state index in [0.29, 0.717) is 12.3 Å². The second kappa shape index (κ2) is 6.34. The maximum Gasteiger partial charge on any atom is 0.0624 e. The van der Waals surface area contributed by atoms with E-state index in [1.54, 1.807) is 0 Å². The van der Waals surface area contributed by atoms with Crippen LogP contribution in [-0.2, 0) is 19.9 Å². The molecule has 0 unspecified atom stereocenters. The van der Waals surface area contributed by atoms with Gasteiger partial charge in [0.1, 0.15) is 0 Å². The molecule has 0 aliphatic heterocycles. The van der Waals surface area contributed by atoms with Gasteiger partial charge in [-0.05, 0) is 31.2 Å². The van der Waals surface area contributed by atoms with Crippen LogP contribution < -0.4 is 0 Å². The fourth-order valence-electron chi connectivity index (χ4n) is 2.52. The van der Waals surface area contributed by atoms with E-state index in [0.717, 1.165) is 24.2 Å². The minimum absolute atomic E-state index is 0.00825. The molecule has 4 heteroatoms. The molecule has 0 saturated heterocycles. The lowest BCUT2D eigenvalue weighted by molar-refractivity contribution is 0.0355. The molecular weight excluding hydrogens is 228 g/mol. The summed E-state index contributed by atoms with van der Waals surface area (Å²) in [5.74, 6) is 0.447. The predicted octanol–water partition coefficient (Wildman–Crippen LogP) is 1.54. The largest absolute Gasteiger partial charge is 0.396 e. The molecule has 0 amide bonds. The minimum atomic E-state index is -0.438. The van der Waals surface area contributed by atoms with Gasteiger partial charge in [0.05, 0.1) is 18.9 Å². The van der Waals surface area contributed by atoms with Gasteiger partial charge in [0.25, 0.3) is 0 Å². The summed E-state index contributed by atoms with van der Waals surface area (Å²) in [7, 11) is 1.92. The van der Waals surface area contributed by atoms with Crippen molar-refractivity contribution in [2.45, 2.75) is 40.0 Å². The van der Waals surface area contributed by atoms with Crippen molar-refractivity contribution in [1.29, 1.82) is 0 Å². The first-order valence-corrected chi connectivity index (χ1v) is 6.70. The van der Waals surface area contributed by atoms with E-state index < -0.39 is 5.41 Å². The molecule has 1 heterocycles. The van der Waals surface area contributed by atoms with Gasteiger partial charge in [-0.25, -0.2) is 0 Å². The number of aliphatic hydroxyl groups excluding tert-OH is 2. The zero-order chi connectivity index (χ0) is 13.8.